The van der Waals surface area contributed by atoms with E-state index < -0.39 is 17.1 Å². The Balaban J connectivity index is 1.96. The van der Waals surface area contributed by atoms with Crippen molar-refractivity contribution < 1.29 is 9.52 Å². The number of hydrogen-bond donors (Lipinski definition) is 4. The quantitative estimate of drug-likeness (QED) is 0.257. The molecule has 1 aliphatic rings. The molecule has 0 radical (unpaired) electrons. The number of aromatic amines is 2. The van der Waals surface area contributed by atoms with Crippen LogP contribution >= 0.6 is 12.2 Å². The van der Waals surface area contributed by atoms with Crippen LogP contribution in [-0.4, -0.2) is 15.1 Å². The van der Waals surface area contributed by atoms with Gasteiger partial charge in [0.15, 0.2) is 4.77 Å². The normalized spacial score (nSPS) is 14.9. The number of aromatic hydroxyl groups is 1. The van der Waals surface area contributed by atoms with Crippen molar-refractivity contribution in [3.63, 3.8) is 0 Å². The fraction of sp³-hybridized carbons (Fsp3) is 0.0500. The molecule has 0 saturated carbocycles. The van der Waals surface area contributed by atoms with E-state index in [9.17, 15) is 14.7 Å². The summed E-state index contributed by atoms with van der Waals surface area (Å²) in [6, 6.07) is 13.7. The number of para-hydroxylation sites is 2. The number of benzene rings is 2. The molecule has 0 saturated heterocycles. The van der Waals surface area contributed by atoms with Gasteiger partial charge in [-0.05, 0) is 30.4 Å². The van der Waals surface area contributed by atoms with Gasteiger partial charge in [0.05, 0.1) is 22.7 Å². The molecule has 0 fully saturated rings. The Morgan fingerprint density at radius 1 is 0.964 bits per heavy atom. The largest absolute Gasteiger partial charge is 0.508 e. The van der Waals surface area contributed by atoms with Gasteiger partial charge in [0.25, 0.3) is 5.56 Å². The van der Waals surface area contributed by atoms with Crippen molar-refractivity contribution >= 4 is 34.7 Å². The summed E-state index contributed by atoms with van der Waals surface area (Å²) < 4.78 is 5.67. The predicted octanol–water partition coefficient (Wildman–Crippen LogP) is 3.48. The van der Waals surface area contributed by atoms with E-state index in [1.54, 1.807) is 30.3 Å². The molecule has 0 spiro atoms. The highest BCUT2D eigenvalue weighted by molar-refractivity contribution is 7.71. The minimum absolute atomic E-state index is 0.0271. The molecule has 1 atom stereocenters. The summed E-state index contributed by atoms with van der Waals surface area (Å²) in [5.41, 5.74) is 0.837. The summed E-state index contributed by atoms with van der Waals surface area (Å²) in [4.78, 5) is 31.2. The van der Waals surface area contributed by atoms with Crippen LogP contribution in [0.25, 0.3) is 11.0 Å². The van der Waals surface area contributed by atoms with E-state index in [0.717, 1.165) is 0 Å². The minimum Gasteiger partial charge on any atom is -0.508 e. The molecule has 0 bridgehead atoms. The molecule has 1 aliphatic heterocycles. The Bertz CT molecular complexity index is 1430. The maximum Gasteiger partial charge on any atom is 0.342 e. The van der Waals surface area contributed by atoms with Crippen LogP contribution in [0.15, 0.2) is 62.5 Å². The molecule has 7 nitrogen and oxygen atoms in total. The molecule has 5 rings (SSSR count). The van der Waals surface area contributed by atoms with Crippen molar-refractivity contribution in [2.24, 2.45) is 0 Å². The van der Waals surface area contributed by atoms with Gasteiger partial charge in [-0.2, -0.15) is 0 Å². The number of anilines is 2. The molecule has 138 valence electrons. The molecular weight excluding hydrogens is 378 g/mol. The first kappa shape index (κ1) is 16.5. The average molecular weight is 391 g/mol. The molecule has 0 aliphatic carbocycles. The van der Waals surface area contributed by atoms with E-state index in [4.69, 9.17) is 16.6 Å². The van der Waals surface area contributed by atoms with Gasteiger partial charge in [0, 0.05) is 10.9 Å². The number of phenolic OH excluding ortho intramolecular Hbond substituents is 1. The lowest BCUT2D eigenvalue weighted by Crippen LogP contribution is -2.29. The zero-order valence-electron chi connectivity index (χ0n) is 14.3. The first-order valence-corrected chi connectivity index (χ1v) is 8.92. The van der Waals surface area contributed by atoms with Gasteiger partial charge in [0.1, 0.15) is 17.2 Å². The topological polar surface area (TPSA) is 111 Å². The first-order valence-electron chi connectivity index (χ1n) is 8.51. The average Bonchev–Trinajstić information content (AvgIpc) is 2.67. The monoisotopic (exact) mass is 391 g/mol. The Kier molecular flexibility index (Phi) is 3.50. The van der Waals surface area contributed by atoms with E-state index in [-0.39, 0.29) is 21.6 Å². The lowest BCUT2D eigenvalue weighted by Gasteiger charge is -2.28. The molecule has 2 aromatic heterocycles. The summed E-state index contributed by atoms with van der Waals surface area (Å²) in [5.74, 6) is -0.477. The molecule has 0 amide bonds. The second-order valence-electron chi connectivity index (χ2n) is 6.49. The second-order valence-corrected chi connectivity index (χ2v) is 6.90. The highest BCUT2D eigenvalue weighted by Gasteiger charge is 2.36. The van der Waals surface area contributed by atoms with Crippen molar-refractivity contribution in [1.29, 1.82) is 0 Å². The van der Waals surface area contributed by atoms with Crippen LogP contribution in [0.1, 0.15) is 22.6 Å². The van der Waals surface area contributed by atoms with Gasteiger partial charge in [-0.3, -0.25) is 9.78 Å². The van der Waals surface area contributed by atoms with Crippen LogP contribution in [0.2, 0.25) is 0 Å². The number of hydrogen-bond acceptors (Lipinski definition) is 6. The number of fused-ring (bicyclic) bond motifs is 4. The van der Waals surface area contributed by atoms with E-state index in [2.05, 4.69) is 15.3 Å². The predicted molar refractivity (Wildman–Crippen MR) is 107 cm³/mol. The number of nitrogens with one attached hydrogen (secondary N) is 3. The molecule has 4 aromatic rings. The van der Waals surface area contributed by atoms with Gasteiger partial charge in [0.2, 0.25) is 0 Å². The molecule has 2 aromatic carbocycles. The molecule has 4 N–H and O–H groups in total. The van der Waals surface area contributed by atoms with E-state index >= 15 is 0 Å². The summed E-state index contributed by atoms with van der Waals surface area (Å²) in [6.07, 6.45) is 0. The Morgan fingerprint density at radius 2 is 1.71 bits per heavy atom. The van der Waals surface area contributed by atoms with Crippen LogP contribution < -0.4 is 16.5 Å². The molecule has 1 unspecified atom stereocenters. The zero-order chi connectivity index (χ0) is 19.4. The van der Waals surface area contributed by atoms with E-state index in [1.165, 1.54) is 6.07 Å². The van der Waals surface area contributed by atoms with Crippen LogP contribution in [0.5, 0.6) is 5.75 Å². The zero-order valence-corrected chi connectivity index (χ0v) is 15.1. The molecule has 28 heavy (non-hydrogen) atoms. The Labute approximate surface area is 162 Å². The third-order valence-electron chi connectivity index (χ3n) is 4.90. The van der Waals surface area contributed by atoms with Gasteiger partial charge < -0.3 is 19.8 Å². The summed E-state index contributed by atoms with van der Waals surface area (Å²) >= 11 is 5.11. The third-order valence-corrected chi connectivity index (χ3v) is 5.11. The lowest BCUT2D eigenvalue weighted by molar-refractivity contribution is 0.466. The van der Waals surface area contributed by atoms with Gasteiger partial charge in [-0.15, -0.1) is 0 Å². The number of rotatable bonds is 1. The highest BCUT2D eigenvalue weighted by atomic mass is 32.1. The maximum atomic E-state index is 12.9. The lowest BCUT2D eigenvalue weighted by atomic mass is 9.82. The van der Waals surface area contributed by atoms with Crippen molar-refractivity contribution in [3.05, 3.63) is 90.8 Å². The molecular formula is C20H13N3O4S. The van der Waals surface area contributed by atoms with Crippen LogP contribution in [0.3, 0.4) is 0 Å². The standard InChI is InChI=1S/C20H13N3O4S/c24-11-7-3-1-5-9(11)13-14-16(10-6-2-4-8-12(10)27-19(14)26)21-17-15(13)18(25)23-20(28)22-17/h1-8,13,24H,(H3,21,22,23,25,28). The maximum absolute atomic E-state index is 12.9. The molecule has 8 heteroatoms. The number of H-pyrrole nitrogens is 2. The fourth-order valence-electron chi connectivity index (χ4n) is 3.74. The van der Waals surface area contributed by atoms with Crippen molar-refractivity contribution in [1.82, 2.24) is 9.97 Å². The summed E-state index contributed by atoms with van der Waals surface area (Å²) in [6.45, 7) is 0. The number of aromatic nitrogens is 2. The van der Waals surface area contributed by atoms with Crippen LogP contribution in [0, 0.1) is 4.77 Å². The van der Waals surface area contributed by atoms with Gasteiger partial charge >= 0.3 is 5.63 Å². The fourth-order valence-corrected chi connectivity index (χ4v) is 3.94. The van der Waals surface area contributed by atoms with E-state index in [1.807, 2.05) is 12.1 Å². The van der Waals surface area contributed by atoms with Crippen LogP contribution in [-0.2, 0) is 0 Å². The van der Waals surface area contributed by atoms with Gasteiger partial charge in [-0.25, -0.2) is 4.79 Å². The third kappa shape index (κ3) is 2.31. The van der Waals surface area contributed by atoms with E-state index in [0.29, 0.717) is 28.0 Å². The minimum atomic E-state index is -0.830. The summed E-state index contributed by atoms with van der Waals surface area (Å²) in [5, 5.41) is 14.3. The van der Waals surface area contributed by atoms with Crippen LogP contribution in [0.4, 0.5) is 11.5 Å². The van der Waals surface area contributed by atoms with Crippen molar-refractivity contribution in [2.75, 3.05) is 5.32 Å². The smallest absolute Gasteiger partial charge is 0.342 e. The second kappa shape index (κ2) is 5.93. The SMILES string of the molecule is O=c1[nH]c(=S)[nH]c2c1C(c1ccccc1O)c1c(c3ccccc3oc1=O)N2. The highest BCUT2D eigenvalue weighted by Crippen LogP contribution is 2.45. The van der Waals surface area contributed by atoms with Crippen molar-refractivity contribution in [3.8, 4) is 5.75 Å². The Hall–Kier alpha value is -3.65. The molecule has 3 heterocycles. The summed E-state index contributed by atoms with van der Waals surface area (Å²) in [7, 11) is 0. The van der Waals surface area contributed by atoms with Gasteiger partial charge in [-0.1, -0.05) is 30.3 Å². The van der Waals surface area contributed by atoms with Crippen molar-refractivity contribution in [2.45, 2.75) is 5.92 Å². The number of phenols is 1. The Morgan fingerprint density at radius 3 is 2.54 bits per heavy atom. The first-order chi connectivity index (χ1) is 13.5.